The second kappa shape index (κ2) is 10.7. The van der Waals surface area contributed by atoms with E-state index in [-0.39, 0.29) is 12.1 Å². The largest absolute Gasteiger partial charge is 0.635 e. The molecule has 0 aliphatic heterocycles. The lowest BCUT2D eigenvalue weighted by Crippen LogP contribution is -2.47. The van der Waals surface area contributed by atoms with Crippen LogP contribution in [0, 0.1) is 19.7 Å². The van der Waals surface area contributed by atoms with Crippen LogP contribution in [0.25, 0.3) is 0 Å². The van der Waals surface area contributed by atoms with Crippen molar-refractivity contribution in [2.45, 2.75) is 26.5 Å². The maximum atomic E-state index is 13.6. The molecule has 1 atom stereocenters. The number of benzene rings is 2. The summed E-state index contributed by atoms with van der Waals surface area (Å²) in [5.74, 6) is -1.79. The quantitative estimate of drug-likeness (QED) is 0.329. The summed E-state index contributed by atoms with van der Waals surface area (Å²) >= 11 is 0. The number of amides is 2. The Morgan fingerprint density at radius 2 is 2.00 bits per heavy atom. The number of nitrogens with zero attached hydrogens (tertiary/aromatic N) is 1. The maximum Gasteiger partial charge on any atom is 0.635 e. The minimum atomic E-state index is -2.10. The number of carbonyl (C=O) groups excluding carboxylic acids is 2. The minimum Gasteiger partial charge on any atom is -0.402 e. The molecule has 0 aliphatic rings. The molecule has 7 nitrogen and oxygen atoms in total. The van der Waals surface area contributed by atoms with Gasteiger partial charge >= 0.3 is 7.32 Å². The Bertz CT molecular complexity index is 922. The molecule has 3 N–H and O–H groups in total. The molecule has 9 heteroatoms. The molecule has 0 unspecified atom stereocenters. The Morgan fingerprint density at radius 1 is 1.27 bits per heavy atom. The van der Waals surface area contributed by atoms with Gasteiger partial charge in [0.05, 0.1) is 0 Å². The summed E-state index contributed by atoms with van der Waals surface area (Å²) in [4.78, 5) is 25.8. The van der Waals surface area contributed by atoms with E-state index >= 15 is 0 Å². The Morgan fingerprint density at radius 3 is 2.60 bits per heavy atom. The van der Waals surface area contributed by atoms with Crippen molar-refractivity contribution >= 4 is 24.8 Å². The molecular formula is C21H24BFN2O5. The molecule has 0 radical (unpaired) electrons. The number of carbonyl (C=O) groups is 2. The lowest BCUT2D eigenvalue weighted by Gasteiger charge is -2.24. The number of halogens is 1. The molecule has 0 spiro atoms. The summed E-state index contributed by atoms with van der Waals surface area (Å²) in [5, 5.41) is 20.9. The summed E-state index contributed by atoms with van der Waals surface area (Å²) in [6.07, 6.45) is 0.122. The standard InChI is InChI=1S/C21H24BFN2O5/c1-4-21(27)25(18-7-5-6-17(23)12-18)13-19(26)24-20(30-22(28)29)11-16-9-8-14(2)10-15(16)3/h4-10,12,20,28-29H,1,11,13H2,2-3H3,(H,24,26)/t20-/m1/s1. The van der Waals surface area contributed by atoms with Crippen molar-refractivity contribution < 1.29 is 28.7 Å². The van der Waals surface area contributed by atoms with Crippen molar-refractivity contribution in [2.24, 2.45) is 0 Å². The van der Waals surface area contributed by atoms with E-state index in [0.29, 0.717) is 0 Å². The molecule has 0 fully saturated rings. The van der Waals surface area contributed by atoms with Crippen LogP contribution in [0.15, 0.2) is 55.1 Å². The highest BCUT2D eigenvalue weighted by atomic mass is 19.1. The highest BCUT2D eigenvalue weighted by Crippen LogP contribution is 2.17. The van der Waals surface area contributed by atoms with E-state index in [1.807, 2.05) is 32.0 Å². The van der Waals surface area contributed by atoms with Crippen molar-refractivity contribution in [3.05, 3.63) is 77.6 Å². The average molecular weight is 414 g/mol. The number of hydrogen-bond donors (Lipinski definition) is 3. The smallest absolute Gasteiger partial charge is 0.402 e. The monoisotopic (exact) mass is 414 g/mol. The van der Waals surface area contributed by atoms with Crippen LogP contribution in [0.3, 0.4) is 0 Å². The zero-order valence-corrected chi connectivity index (χ0v) is 16.8. The number of anilines is 1. The summed E-state index contributed by atoms with van der Waals surface area (Å²) in [6.45, 7) is 6.80. The van der Waals surface area contributed by atoms with Crippen LogP contribution in [0.5, 0.6) is 0 Å². The van der Waals surface area contributed by atoms with E-state index in [1.165, 1.54) is 18.2 Å². The van der Waals surface area contributed by atoms with Crippen molar-refractivity contribution in [3.63, 3.8) is 0 Å². The van der Waals surface area contributed by atoms with Crippen LogP contribution in [0.1, 0.15) is 16.7 Å². The predicted octanol–water partition coefficient (Wildman–Crippen LogP) is 1.63. The van der Waals surface area contributed by atoms with Gasteiger partial charge in [0.2, 0.25) is 5.91 Å². The number of nitrogens with one attached hydrogen (secondary N) is 1. The molecule has 0 aromatic heterocycles. The molecule has 0 aliphatic carbocycles. The van der Waals surface area contributed by atoms with E-state index in [9.17, 15) is 24.0 Å². The van der Waals surface area contributed by atoms with E-state index in [0.717, 1.165) is 33.7 Å². The summed E-state index contributed by atoms with van der Waals surface area (Å²) in [7, 11) is -2.10. The van der Waals surface area contributed by atoms with Crippen LogP contribution >= 0.6 is 0 Å². The SMILES string of the molecule is C=CC(=O)N(CC(=O)N[C@@H](Cc1ccc(C)cc1C)OB(O)O)c1cccc(F)c1. The van der Waals surface area contributed by atoms with Crippen molar-refractivity contribution in [2.75, 3.05) is 11.4 Å². The predicted molar refractivity (Wildman–Crippen MR) is 112 cm³/mol. The second-order valence-corrected chi connectivity index (χ2v) is 6.76. The van der Waals surface area contributed by atoms with Gasteiger partial charge in [0.15, 0.2) is 0 Å². The summed E-state index contributed by atoms with van der Waals surface area (Å²) in [6, 6.07) is 11.0. The normalized spacial score (nSPS) is 11.5. The van der Waals surface area contributed by atoms with Crippen LogP contribution in [0.2, 0.25) is 0 Å². The fourth-order valence-electron chi connectivity index (χ4n) is 2.97. The van der Waals surface area contributed by atoms with E-state index in [4.69, 9.17) is 4.65 Å². The third kappa shape index (κ3) is 6.80. The lowest BCUT2D eigenvalue weighted by molar-refractivity contribution is -0.124. The van der Waals surface area contributed by atoms with Crippen molar-refractivity contribution in [1.29, 1.82) is 0 Å². The molecule has 2 amide bonds. The Labute approximate surface area is 175 Å². The first kappa shape index (κ1) is 23.3. The molecule has 0 saturated heterocycles. The van der Waals surface area contributed by atoms with E-state index in [2.05, 4.69) is 11.9 Å². The van der Waals surface area contributed by atoms with Crippen molar-refractivity contribution in [3.8, 4) is 0 Å². The Hall–Kier alpha value is -3.01. The molecule has 0 bridgehead atoms. The zero-order chi connectivity index (χ0) is 22.3. The average Bonchev–Trinajstić information content (AvgIpc) is 2.67. The van der Waals surface area contributed by atoms with Gasteiger partial charge < -0.3 is 20.0 Å². The first-order valence-electron chi connectivity index (χ1n) is 9.26. The first-order valence-corrected chi connectivity index (χ1v) is 9.26. The second-order valence-electron chi connectivity index (χ2n) is 6.76. The number of rotatable bonds is 9. The molecule has 2 aromatic carbocycles. The molecular weight excluding hydrogens is 390 g/mol. The molecule has 2 rings (SSSR count). The lowest BCUT2D eigenvalue weighted by atomic mass is 10.0. The van der Waals surface area contributed by atoms with Crippen molar-refractivity contribution in [1.82, 2.24) is 5.32 Å². The van der Waals surface area contributed by atoms with Gasteiger partial charge in [-0.25, -0.2) is 4.39 Å². The number of hydrogen-bond acceptors (Lipinski definition) is 5. The Kier molecular flexibility index (Phi) is 8.29. The highest BCUT2D eigenvalue weighted by molar-refractivity contribution is 6.32. The topological polar surface area (TPSA) is 99.1 Å². The minimum absolute atomic E-state index is 0.171. The van der Waals surface area contributed by atoms with Gasteiger partial charge in [-0.2, -0.15) is 0 Å². The summed E-state index contributed by atoms with van der Waals surface area (Å²) < 4.78 is 18.6. The van der Waals surface area contributed by atoms with Gasteiger partial charge in [0, 0.05) is 12.1 Å². The van der Waals surface area contributed by atoms with Crippen LogP contribution in [-0.4, -0.2) is 42.0 Å². The maximum absolute atomic E-state index is 13.6. The third-order valence-corrected chi connectivity index (χ3v) is 4.37. The van der Waals surface area contributed by atoms with Gasteiger partial charge in [0.1, 0.15) is 18.6 Å². The first-order chi connectivity index (χ1) is 14.2. The molecule has 30 heavy (non-hydrogen) atoms. The summed E-state index contributed by atoms with van der Waals surface area (Å²) in [5.41, 5.74) is 3.04. The van der Waals surface area contributed by atoms with Crippen LogP contribution in [-0.2, 0) is 20.7 Å². The van der Waals surface area contributed by atoms with Gasteiger partial charge in [0.25, 0.3) is 5.91 Å². The third-order valence-electron chi connectivity index (χ3n) is 4.37. The molecule has 0 saturated carbocycles. The molecule has 2 aromatic rings. The molecule has 0 heterocycles. The Balaban J connectivity index is 2.16. The molecule has 158 valence electrons. The van der Waals surface area contributed by atoms with Gasteiger partial charge in [-0.05, 0) is 49.2 Å². The van der Waals surface area contributed by atoms with Gasteiger partial charge in [-0.3, -0.25) is 14.5 Å². The highest BCUT2D eigenvalue weighted by Gasteiger charge is 2.24. The van der Waals surface area contributed by atoms with Gasteiger partial charge in [-0.1, -0.05) is 36.4 Å². The van der Waals surface area contributed by atoms with Gasteiger partial charge in [-0.15, -0.1) is 0 Å². The van der Waals surface area contributed by atoms with E-state index < -0.39 is 37.7 Å². The number of aryl methyl sites for hydroxylation is 2. The van der Waals surface area contributed by atoms with Crippen LogP contribution in [0.4, 0.5) is 10.1 Å². The van der Waals surface area contributed by atoms with E-state index in [1.54, 1.807) is 0 Å². The van der Waals surface area contributed by atoms with Crippen LogP contribution < -0.4 is 10.2 Å². The zero-order valence-electron chi connectivity index (χ0n) is 16.8. The fourth-order valence-corrected chi connectivity index (χ4v) is 2.97. The fraction of sp³-hybridized carbons (Fsp3) is 0.238.